The molecule has 1 heterocycles. The molecule has 21 heavy (non-hydrogen) atoms. The number of hydrogen-bond acceptors (Lipinski definition) is 3. The lowest BCUT2D eigenvalue weighted by molar-refractivity contribution is -0.139. The van der Waals surface area contributed by atoms with Crippen molar-refractivity contribution in [2.24, 2.45) is 0 Å². The molecule has 1 aliphatic heterocycles. The van der Waals surface area contributed by atoms with Gasteiger partial charge in [0.1, 0.15) is 0 Å². The molecule has 2 rings (SSSR count). The normalized spacial score (nSPS) is 27.2. The maximum absolute atomic E-state index is 12.4. The van der Waals surface area contributed by atoms with Gasteiger partial charge in [-0.2, -0.15) is 13.2 Å². The molecule has 1 aliphatic rings. The van der Waals surface area contributed by atoms with Crippen molar-refractivity contribution < 1.29 is 23.4 Å². The number of likely N-dealkylation sites (tertiary alicyclic amines) is 1. The SMILES string of the molecule is Cc1ccccc1[C@H]1CN(CCC(F)(F)F)[C@H](CO)[C@@H]1O. The van der Waals surface area contributed by atoms with E-state index in [0.717, 1.165) is 11.1 Å². The van der Waals surface area contributed by atoms with Gasteiger partial charge in [0.25, 0.3) is 0 Å². The summed E-state index contributed by atoms with van der Waals surface area (Å²) in [4.78, 5) is 1.54. The van der Waals surface area contributed by atoms with Crippen LogP contribution >= 0.6 is 0 Å². The van der Waals surface area contributed by atoms with E-state index in [1.54, 1.807) is 0 Å². The minimum absolute atomic E-state index is 0.200. The Morgan fingerprint density at radius 2 is 1.95 bits per heavy atom. The Hall–Kier alpha value is -1.11. The molecule has 0 spiro atoms. The highest BCUT2D eigenvalue weighted by atomic mass is 19.4. The second-order valence-electron chi connectivity index (χ2n) is 5.56. The van der Waals surface area contributed by atoms with Gasteiger partial charge in [-0.25, -0.2) is 0 Å². The smallest absolute Gasteiger partial charge is 0.390 e. The van der Waals surface area contributed by atoms with Gasteiger partial charge in [-0.1, -0.05) is 24.3 Å². The molecule has 0 bridgehead atoms. The Kier molecular flexibility index (Phi) is 4.91. The van der Waals surface area contributed by atoms with Crippen molar-refractivity contribution in [2.75, 3.05) is 19.7 Å². The average Bonchev–Trinajstić information content (AvgIpc) is 2.72. The lowest BCUT2D eigenvalue weighted by atomic mass is 9.90. The van der Waals surface area contributed by atoms with Gasteiger partial charge in [-0.3, -0.25) is 4.90 Å². The van der Waals surface area contributed by atoms with Crippen molar-refractivity contribution in [1.29, 1.82) is 0 Å². The Balaban J connectivity index is 2.14. The third-order valence-corrected chi connectivity index (χ3v) is 4.16. The van der Waals surface area contributed by atoms with Crippen LogP contribution < -0.4 is 0 Å². The molecule has 2 N–H and O–H groups in total. The fourth-order valence-electron chi connectivity index (χ4n) is 3.02. The second-order valence-corrected chi connectivity index (χ2v) is 5.56. The van der Waals surface area contributed by atoms with Crippen LogP contribution in [0.4, 0.5) is 13.2 Å². The van der Waals surface area contributed by atoms with Crippen molar-refractivity contribution >= 4 is 0 Å². The van der Waals surface area contributed by atoms with Crippen LogP contribution in [-0.2, 0) is 0 Å². The predicted octanol–water partition coefficient (Wildman–Crippen LogP) is 2.07. The molecule has 0 aromatic heterocycles. The number of aliphatic hydroxyl groups is 2. The topological polar surface area (TPSA) is 43.7 Å². The van der Waals surface area contributed by atoms with Gasteiger partial charge >= 0.3 is 6.18 Å². The zero-order valence-corrected chi connectivity index (χ0v) is 11.8. The highest BCUT2D eigenvalue weighted by Gasteiger charge is 2.42. The maximum atomic E-state index is 12.4. The Morgan fingerprint density at radius 1 is 1.29 bits per heavy atom. The summed E-state index contributed by atoms with van der Waals surface area (Å²) in [5.74, 6) is -0.267. The third kappa shape index (κ3) is 3.75. The van der Waals surface area contributed by atoms with E-state index in [4.69, 9.17) is 0 Å². The summed E-state index contributed by atoms with van der Waals surface area (Å²) in [6, 6.07) is 6.88. The number of rotatable bonds is 4. The quantitative estimate of drug-likeness (QED) is 0.895. The molecule has 0 saturated carbocycles. The fraction of sp³-hybridized carbons (Fsp3) is 0.600. The number of aryl methyl sites for hydroxylation is 1. The van der Waals surface area contributed by atoms with E-state index in [1.807, 2.05) is 31.2 Å². The van der Waals surface area contributed by atoms with Gasteiger partial charge in [0.05, 0.1) is 25.2 Å². The highest BCUT2D eigenvalue weighted by molar-refractivity contribution is 5.32. The lowest BCUT2D eigenvalue weighted by Crippen LogP contribution is -2.40. The minimum atomic E-state index is -4.23. The molecule has 3 nitrogen and oxygen atoms in total. The first-order valence-corrected chi connectivity index (χ1v) is 6.98. The van der Waals surface area contributed by atoms with Gasteiger partial charge in [0.15, 0.2) is 0 Å². The van der Waals surface area contributed by atoms with E-state index in [9.17, 15) is 23.4 Å². The van der Waals surface area contributed by atoms with Crippen LogP contribution in [0.25, 0.3) is 0 Å². The summed E-state index contributed by atoms with van der Waals surface area (Å²) in [5.41, 5.74) is 1.92. The van der Waals surface area contributed by atoms with Gasteiger partial charge in [0, 0.05) is 19.0 Å². The molecule has 0 radical (unpaired) electrons. The lowest BCUT2D eigenvalue weighted by Gasteiger charge is -2.24. The van der Waals surface area contributed by atoms with Gasteiger partial charge in [-0.15, -0.1) is 0 Å². The number of halogens is 3. The number of hydrogen-bond donors (Lipinski definition) is 2. The van der Waals surface area contributed by atoms with E-state index in [0.29, 0.717) is 6.54 Å². The second kappa shape index (κ2) is 6.34. The van der Waals surface area contributed by atoms with E-state index < -0.39 is 24.7 Å². The van der Waals surface area contributed by atoms with Gasteiger partial charge in [0.2, 0.25) is 0 Å². The zero-order valence-electron chi connectivity index (χ0n) is 11.8. The van der Waals surface area contributed by atoms with Gasteiger partial charge < -0.3 is 10.2 Å². The zero-order chi connectivity index (χ0) is 15.6. The first-order chi connectivity index (χ1) is 9.83. The molecule has 1 aromatic rings. The molecule has 1 saturated heterocycles. The van der Waals surface area contributed by atoms with Crippen LogP contribution in [-0.4, -0.2) is 53.1 Å². The molecule has 0 aliphatic carbocycles. The van der Waals surface area contributed by atoms with Gasteiger partial charge in [-0.05, 0) is 18.1 Å². The van der Waals surface area contributed by atoms with Crippen LogP contribution in [0.2, 0.25) is 0 Å². The monoisotopic (exact) mass is 303 g/mol. The van der Waals surface area contributed by atoms with Crippen molar-refractivity contribution in [3.8, 4) is 0 Å². The molecule has 118 valence electrons. The molecule has 1 aromatic carbocycles. The van der Waals surface area contributed by atoms with E-state index in [2.05, 4.69) is 0 Å². The standard InChI is InChI=1S/C15H20F3NO2/c1-10-4-2-3-5-11(10)12-8-19(7-6-15(16,17)18)13(9-20)14(12)21/h2-5,12-14,20-21H,6-9H2,1H3/t12-,13-,14-/m1/s1. The van der Waals surface area contributed by atoms with Crippen LogP contribution in [0, 0.1) is 6.92 Å². The first-order valence-electron chi connectivity index (χ1n) is 6.98. The summed E-state index contributed by atoms with van der Waals surface area (Å²) in [5, 5.41) is 19.7. The minimum Gasteiger partial charge on any atom is -0.395 e. The summed E-state index contributed by atoms with van der Waals surface area (Å²) in [6.45, 7) is 1.69. The molecular weight excluding hydrogens is 283 g/mol. The molecule has 3 atom stereocenters. The molecule has 0 amide bonds. The van der Waals surface area contributed by atoms with E-state index in [-0.39, 0.29) is 19.1 Å². The fourth-order valence-corrected chi connectivity index (χ4v) is 3.02. The van der Waals surface area contributed by atoms with Crippen LogP contribution in [0.3, 0.4) is 0 Å². The molecular formula is C15H20F3NO2. The van der Waals surface area contributed by atoms with E-state index in [1.165, 1.54) is 4.90 Å². The van der Waals surface area contributed by atoms with Crippen LogP contribution in [0.15, 0.2) is 24.3 Å². The largest absolute Gasteiger partial charge is 0.395 e. The number of nitrogens with zero attached hydrogens (tertiary/aromatic N) is 1. The molecule has 1 fully saturated rings. The summed E-state index contributed by atoms with van der Waals surface area (Å²) in [7, 11) is 0. The number of benzene rings is 1. The first kappa shape index (κ1) is 16.3. The van der Waals surface area contributed by atoms with E-state index >= 15 is 0 Å². The maximum Gasteiger partial charge on any atom is 0.390 e. The Labute approximate surface area is 122 Å². The molecule has 0 unspecified atom stereocenters. The highest BCUT2D eigenvalue weighted by Crippen LogP contribution is 2.34. The Morgan fingerprint density at radius 3 is 2.52 bits per heavy atom. The third-order valence-electron chi connectivity index (χ3n) is 4.16. The number of alkyl halides is 3. The predicted molar refractivity (Wildman–Crippen MR) is 73.0 cm³/mol. The van der Waals surface area contributed by atoms with Crippen LogP contribution in [0.5, 0.6) is 0 Å². The average molecular weight is 303 g/mol. The summed E-state index contributed by atoms with van der Waals surface area (Å²) < 4.78 is 37.1. The Bertz CT molecular complexity index is 478. The van der Waals surface area contributed by atoms with Crippen molar-refractivity contribution in [3.63, 3.8) is 0 Å². The van der Waals surface area contributed by atoms with Crippen molar-refractivity contribution in [2.45, 2.75) is 37.6 Å². The molecule has 6 heteroatoms. The summed E-state index contributed by atoms with van der Waals surface area (Å²) >= 11 is 0. The summed E-state index contributed by atoms with van der Waals surface area (Å²) in [6.07, 6.45) is -6.02. The number of aliphatic hydroxyl groups excluding tert-OH is 2. The van der Waals surface area contributed by atoms with Crippen molar-refractivity contribution in [1.82, 2.24) is 4.90 Å². The van der Waals surface area contributed by atoms with Crippen molar-refractivity contribution in [3.05, 3.63) is 35.4 Å². The van der Waals surface area contributed by atoms with Crippen LogP contribution in [0.1, 0.15) is 23.5 Å².